The van der Waals surface area contributed by atoms with Crippen LogP contribution in [0.15, 0.2) is 35.8 Å². The van der Waals surface area contributed by atoms with E-state index in [1.165, 1.54) is 11.3 Å². The van der Waals surface area contributed by atoms with E-state index in [2.05, 4.69) is 4.98 Å². The van der Waals surface area contributed by atoms with Gasteiger partial charge in [0.15, 0.2) is 0 Å². The average Bonchev–Trinajstić information content (AvgIpc) is 2.99. The van der Waals surface area contributed by atoms with Crippen molar-refractivity contribution >= 4 is 17.3 Å². The van der Waals surface area contributed by atoms with Crippen LogP contribution in [0.1, 0.15) is 22.6 Å². The molecule has 3 nitrogen and oxygen atoms in total. The number of aromatic nitrogens is 1. The SMILES string of the molecule is O=C(O)C1(Cc2nccs2)CCc2ccccc21. The van der Waals surface area contributed by atoms with Gasteiger partial charge in [0.2, 0.25) is 0 Å². The van der Waals surface area contributed by atoms with Crippen molar-refractivity contribution in [2.24, 2.45) is 0 Å². The van der Waals surface area contributed by atoms with Crippen LogP contribution >= 0.6 is 11.3 Å². The molecular weight excluding hydrogens is 246 g/mol. The molecule has 1 unspecified atom stereocenters. The van der Waals surface area contributed by atoms with Gasteiger partial charge < -0.3 is 5.11 Å². The van der Waals surface area contributed by atoms with Crippen LogP contribution in [0.2, 0.25) is 0 Å². The van der Waals surface area contributed by atoms with Gasteiger partial charge in [0, 0.05) is 18.0 Å². The van der Waals surface area contributed by atoms with Crippen LogP contribution in [-0.4, -0.2) is 16.1 Å². The Morgan fingerprint density at radius 3 is 3.00 bits per heavy atom. The number of carbonyl (C=O) groups is 1. The number of benzene rings is 1. The highest BCUT2D eigenvalue weighted by molar-refractivity contribution is 7.09. The second-order valence-electron chi connectivity index (χ2n) is 4.65. The van der Waals surface area contributed by atoms with Crippen LogP contribution in [0.3, 0.4) is 0 Å². The van der Waals surface area contributed by atoms with Crippen LogP contribution < -0.4 is 0 Å². The second-order valence-corrected chi connectivity index (χ2v) is 5.63. The predicted molar refractivity (Wildman–Crippen MR) is 69.9 cm³/mol. The Balaban J connectivity index is 2.07. The van der Waals surface area contributed by atoms with Gasteiger partial charge >= 0.3 is 5.97 Å². The summed E-state index contributed by atoms with van der Waals surface area (Å²) in [5.74, 6) is -0.734. The lowest BCUT2D eigenvalue weighted by atomic mass is 9.79. The largest absolute Gasteiger partial charge is 0.481 e. The third kappa shape index (κ3) is 1.64. The molecule has 1 aromatic carbocycles. The molecule has 0 aliphatic heterocycles. The summed E-state index contributed by atoms with van der Waals surface area (Å²) in [6, 6.07) is 7.87. The van der Waals surface area contributed by atoms with E-state index in [1.807, 2.05) is 29.6 Å². The molecule has 0 saturated carbocycles. The van der Waals surface area contributed by atoms with Gasteiger partial charge in [-0.2, -0.15) is 0 Å². The third-order valence-electron chi connectivity index (χ3n) is 3.70. The molecule has 18 heavy (non-hydrogen) atoms. The van der Waals surface area contributed by atoms with Crippen molar-refractivity contribution in [2.75, 3.05) is 0 Å². The minimum atomic E-state index is -0.783. The quantitative estimate of drug-likeness (QED) is 0.922. The highest BCUT2D eigenvalue weighted by Crippen LogP contribution is 2.42. The molecule has 1 aliphatic rings. The van der Waals surface area contributed by atoms with Crippen LogP contribution in [0, 0.1) is 0 Å². The minimum Gasteiger partial charge on any atom is -0.481 e. The molecular formula is C14H13NO2S. The molecule has 4 heteroatoms. The van der Waals surface area contributed by atoms with Gasteiger partial charge in [0.05, 0.1) is 10.4 Å². The van der Waals surface area contributed by atoms with Crippen molar-refractivity contribution in [2.45, 2.75) is 24.7 Å². The molecule has 0 fully saturated rings. The van der Waals surface area contributed by atoms with E-state index in [-0.39, 0.29) is 0 Å². The summed E-state index contributed by atoms with van der Waals surface area (Å²) in [7, 11) is 0. The fourth-order valence-electron chi connectivity index (χ4n) is 2.77. The lowest BCUT2D eigenvalue weighted by Crippen LogP contribution is -2.35. The summed E-state index contributed by atoms with van der Waals surface area (Å²) in [6.45, 7) is 0. The number of thiazole rings is 1. The van der Waals surface area contributed by atoms with Gasteiger partial charge in [-0.05, 0) is 24.0 Å². The molecule has 0 spiro atoms. The molecule has 92 valence electrons. The number of carboxylic acid groups (broad SMARTS) is 1. The zero-order chi connectivity index (χ0) is 12.6. The highest BCUT2D eigenvalue weighted by atomic mass is 32.1. The molecule has 0 bridgehead atoms. The molecule has 3 rings (SSSR count). The van der Waals surface area contributed by atoms with Gasteiger partial charge in [-0.3, -0.25) is 4.79 Å². The second kappa shape index (κ2) is 4.21. The summed E-state index contributed by atoms with van der Waals surface area (Å²) in [5, 5.41) is 12.5. The van der Waals surface area contributed by atoms with Crippen molar-refractivity contribution in [3.63, 3.8) is 0 Å². The number of fused-ring (bicyclic) bond motifs is 1. The lowest BCUT2D eigenvalue weighted by Gasteiger charge is -2.24. The summed E-state index contributed by atoms with van der Waals surface area (Å²) >= 11 is 1.53. The maximum atomic E-state index is 11.8. The first-order valence-corrected chi connectivity index (χ1v) is 6.80. The van der Waals surface area contributed by atoms with Gasteiger partial charge in [0.25, 0.3) is 0 Å². The zero-order valence-electron chi connectivity index (χ0n) is 9.80. The number of carboxylic acids is 1. The van der Waals surface area contributed by atoms with E-state index in [0.29, 0.717) is 12.8 Å². The monoisotopic (exact) mass is 259 g/mol. The summed E-state index contributed by atoms with van der Waals surface area (Å²) in [4.78, 5) is 16.0. The molecule has 1 heterocycles. The Labute approximate surface area is 109 Å². The molecule has 2 aromatic rings. The molecule has 0 saturated heterocycles. The predicted octanol–water partition coefficient (Wildman–Crippen LogP) is 2.65. The summed E-state index contributed by atoms with van der Waals surface area (Å²) in [5.41, 5.74) is 1.35. The Morgan fingerprint density at radius 2 is 2.28 bits per heavy atom. The number of rotatable bonds is 3. The summed E-state index contributed by atoms with van der Waals surface area (Å²) in [6.07, 6.45) is 3.74. The van der Waals surface area contributed by atoms with E-state index >= 15 is 0 Å². The van der Waals surface area contributed by atoms with E-state index < -0.39 is 11.4 Å². The average molecular weight is 259 g/mol. The van der Waals surface area contributed by atoms with E-state index in [9.17, 15) is 9.90 Å². The first-order chi connectivity index (χ1) is 8.72. The van der Waals surface area contributed by atoms with Gasteiger partial charge in [-0.1, -0.05) is 24.3 Å². The fourth-order valence-corrected chi connectivity index (χ4v) is 3.50. The van der Waals surface area contributed by atoms with Crippen LogP contribution in [0.5, 0.6) is 0 Å². The van der Waals surface area contributed by atoms with E-state index in [4.69, 9.17) is 0 Å². The van der Waals surface area contributed by atoms with Gasteiger partial charge in [-0.25, -0.2) is 4.98 Å². The summed E-state index contributed by atoms with van der Waals surface area (Å²) < 4.78 is 0. The molecule has 1 aromatic heterocycles. The van der Waals surface area contributed by atoms with E-state index in [0.717, 1.165) is 22.6 Å². The van der Waals surface area contributed by atoms with Crippen LogP contribution in [0.4, 0.5) is 0 Å². The lowest BCUT2D eigenvalue weighted by molar-refractivity contribution is -0.143. The Bertz CT molecular complexity index is 579. The zero-order valence-corrected chi connectivity index (χ0v) is 10.6. The normalized spacial score (nSPS) is 21.8. The topological polar surface area (TPSA) is 50.2 Å². The maximum absolute atomic E-state index is 11.8. The Hall–Kier alpha value is -1.68. The fraction of sp³-hybridized carbons (Fsp3) is 0.286. The number of aliphatic carboxylic acids is 1. The van der Waals surface area contributed by atoms with Crippen molar-refractivity contribution in [3.8, 4) is 0 Å². The van der Waals surface area contributed by atoms with Gasteiger partial charge in [0.1, 0.15) is 0 Å². The molecule has 1 aliphatic carbocycles. The van der Waals surface area contributed by atoms with Crippen LogP contribution in [-0.2, 0) is 23.1 Å². The van der Waals surface area contributed by atoms with Crippen LogP contribution in [0.25, 0.3) is 0 Å². The maximum Gasteiger partial charge on any atom is 0.314 e. The van der Waals surface area contributed by atoms with E-state index in [1.54, 1.807) is 6.20 Å². The number of nitrogens with zero attached hydrogens (tertiary/aromatic N) is 1. The highest BCUT2D eigenvalue weighted by Gasteiger charge is 2.45. The smallest absolute Gasteiger partial charge is 0.314 e. The standard InChI is InChI=1S/C14H13NO2S/c16-13(17)14(9-12-15-7-8-18-12)6-5-10-3-1-2-4-11(10)14/h1-4,7-8H,5-6,9H2,(H,16,17). The van der Waals surface area contributed by atoms with Crippen molar-refractivity contribution in [1.82, 2.24) is 4.98 Å². The minimum absolute atomic E-state index is 0.497. The third-order valence-corrected chi connectivity index (χ3v) is 4.48. The Morgan fingerprint density at radius 1 is 1.44 bits per heavy atom. The van der Waals surface area contributed by atoms with Crippen molar-refractivity contribution in [3.05, 3.63) is 52.0 Å². The Kier molecular flexibility index (Phi) is 2.67. The molecule has 1 N–H and O–H groups in total. The van der Waals surface area contributed by atoms with Gasteiger partial charge in [-0.15, -0.1) is 11.3 Å². The molecule has 0 amide bonds. The van der Waals surface area contributed by atoms with Crippen molar-refractivity contribution < 1.29 is 9.90 Å². The number of hydrogen-bond donors (Lipinski definition) is 1. The number of aryl methyl sites for hydroxylation is 1. The first-order valence-electron chi connectivity index (χ1n) is 5.92. The molecule has 0 radical (unpaired) electrons. The van der Waals surface area contributed by atoms with Crippen molar-refractivity contribution in [1.29, 1.82) is 0 Å². The number of hydrogen-bond acceptors (Lipinski definition) is 3. The molecule has 1 atom stereocenters. The first kappa shape index (κ1) is 11.4.